The highest BCUT2D eigenvalue weighted by Crippen LogP contribution is 2.38. The molecule has 0 fully saturated rings. The second-order valence-electron chi connectivity index (χ2n) is 7.06. The lowest BCUT2D eigenvalue weighted by molar-refractivity contribution is 0.667. The van der Waals surface area contributed by atoms with Crippen LogP contribution in [0.2, 0.25) is 0 Å². The van der Waals surface area contributed by atoms with E-state index in [4.69, 9.17) is 11.5 Å². The first kappa shape index (κ1) is 20.8. The number of pyridine rings is 2. The number of nitrogen functional groups attached to an aromatic ring is 2. The Morgan fingerprint density at radius 1 is 1.12 bits per heavy atom. The number of nitrogens with zero attached hydrogens (tertiary/aromatic N) is 6. The molecule has 158 valence electrons. The predicted octanol–water partition coefficient (Wildman–Crippen LogP) is 3.68. The first-order valence-corrected chi connectivity index (χ1v) is 10.1. The molecule has 8 heteroatoms. The molecule has 0 amide bonds. The van der Waals surface area contributed by atoms with Crippen LogP contribution in [0.15, 0.2) is 65.9 Å². The maximum atomic E-state index is 9.33. The molecule has 0 aliphatic heterocycles. The molecule has 0 spiro atoms. The fraction of sp³-hybridized carbons (Fsp3) is 0.125. The summed E-state index contributed by atoms with van der Waals surface area (Å²) in [6, 6.07) is 16.9. The van der Waals surface area contributed by atoms with Gasteiger partial charge in [0.25, 0.3) is 0 Å². The average molecular weight is 422 g/mol. The molecule has 32 heavy (non-hydrogen) atoms. The van der Waals surface area contributed by atoms with Crippen molar-refractivity contribution in [3.63, 3.8) is 0 Å². The van der Waals surface area contributed by atoms with E-state index in [1.165, 1.54) is 0 Å². The summed E-state index contributed by atoms with van der Waals surface area (Å²) in [5, 5.41) is 13.7. The Bertz CT molecular complexity index is 1320. The molecule has 4 N–H and O–H groups in total. The fourth-order valence-electron chi connectivity index (χ4n) is 3.50. The van der Waals surface area contributed by atoms with Crippen LogP contribution in [0.25, 0.3) is 22.5 Å². The number of hydrogen-bond donors (Lipinski definition) is 2. The zero-order chi connectivity index (χ0) is 22.5. The van der Waals surface area contributed by atoms with Crippen molar-refractivity contribution in [2.75, 3.05) is 11.5 Å². The Hall–Kier alpha value is -4.51. The van der Waals surface area contributed by atoms with Crippen molar-refractivity contribution in [1.82, 2.24) is 19.7 Å². The SMILES string of the molecule is CCn1nccc1-c1c(-c2cccc(C#N)c2)nc(N)c(C=NCc2ccccn2)c1N. The highest BCUT2D eigenvalue weighted by molar-refractivity contribution is 6.01. The molecular weight excluding hydrogens is 400 g/mol. The Kier molecular flexibility index (Phi) is 5.90. The van der Waals surface area contributed by atoms with E-state index in [0.29, 0.717) is 41.2 Å². The van der Waals surface area contributed by atoms with Crippen LogP contribution in [0.3, 0.4) is 0 Å². The molecule has 0 bridgehead atoms. The molecule has 4 rings (SSSR count). The molecule has 0 aliphatic rings. The van der Waals surface area contributed by atoms with Gasteiger partial charge in [-0.3, -0.25) is 14.7 Å². The molecule has 0 saturated heterocycles. The zero-order valence-electron chi connectivity index (χ0n) is 17.6. The lowest BCUT2D eigenvalue weighted by Gasteiger charge is -2.17. The predicted molar refractivity (Wildman–Crippen MR) is 126 cm³/mol. The summed E-state index contributed by atoms with van der Waals surface area (Å²) < 4.78 is 1.84. The van der Waals surface area contributed by atoms with E-state index in [9.17, 15) is 5.26 Å². The van der Waals surface area contributed by atoms with E-state index in [1.54, 1.807) is 30.7 Å². The smallest absolute Gasteiger partial charge is 0.135 e. The van der Waals surface area contributed by atoms with Crippen LogP contribution in [0.4, 0.5) is 11.5 Å². The average Bonchev–Trinajstić information content (AvgIpc) is 3.30. The van der Waals surface area contributed by atoms with Crippen LogP contribution in [-0.2, 0) is 13.1 Å². The van der Waals surface area contributed by atoms with Gasteiger partial charge in [-0.15, -0.1) is 0 Å². The summed E-state index contributed by atoms with van der Waals surface area (Å²) in [5.74, 6) is 0.260. The minimum absolute atomic E-state index is 0.260. The van der Waals surface area contributed by atoms with Crippen molar-refractivity contribution < 1.29 is 0 Å². The maximum absolute atomic E-state index is 9.33. The second-order valence-corrected chi connectivity index (χ2v) is 7.06. The first-order chi connectivity index (χ1) is 15.6. The normalized spacial score (nSPS) is 11.0. The third kappa shape index (κ3) is 4.04. The van der Waals surface area contributed by atoms with E-state index in [2.05, 4.69) is 26.1 Å². The quantitative estimate of drug-likeness (QED) is 0.456. The van der Waals surface area contributed by atoms with Gasteiger partial charge in [-0.2, -0.15) is 10.4 Å². The molecule has 8 nitrogen and oxygen atoms in total. The molecule has 0 unspecified atom stereocenters. The third-order valence-electron chi connectivity index (χ3n) is 5.04. The largest absolute Gasteiger partial charge is 0.397 e. The highest BCUT2D eigenvalue weighted by Gasteiger charge is 2.21. The molecule has 3 aromatic heterocycles. The van der Waals surface area contributed by atoms with Crippen molar-refractivity contribution in [2.45, 2.75) is 20.0 Å². The lowest BCUT2D eigenvalue weighted by Crippen LogP contribution is -2.09. The Balaban J connectivity index is 1.87. The minimum Gasteiger partial charge on any atom is -0.397 e. The number of hydrogen-bond acceptors (Lipinski definition) is 7. The number of nitrogens with two attached hydrogens (primary N) is 2. The Morgan fingerprint density at radius 3 is 2.75 bits per heavy atom. The second kappa shape index (κ2) is 9.10. The number of aliphatic imine (C=N–C) groups is 1. The lowest BCUT2D eigenvalue weighted by atomic mass is 9.97. The van der Waals surface area contributed by atoms with Gasteiger partial charge < -0.3 is 11.5 Å². The van der Waals surface area contributed by atoms with E-state index < -0.39 is 0 Å². The molecular formula is C24H22N8. The number of anilines is 2. The molecule has 1 aromatic carbocycles. The van der Waals surface area contributed by atoms with Gasteiger partial charge in [-0.1, -0.05) is 18.2 Å². The Labute approximate surface area is 185 Å². The zero-order valence-corrected chi connectivity index (χ0v) is 17.6. The van der Waals surface area contributed by atoms with Gasteiger partial charge in [0.2, 0.25) is 0 Å². The molecule has 0 aliphatic carbocycles. The number of benzene rings is 1. The van der Waals surface area contributed by atoms with E-state index in [1.807, 2.05) is 48.0 Å². The summed E-state index contributed by atoms with van der Waals surface area (Å²) >= 11 is 0. The van der Waals surface area contributed by atoms with E-state index in [0.717, 1.165) is 17.0 Å². The summed E-state index contributed by atoms with van der Waals surface area (Å²) in [4.78, 5) is 13.4. The van der Waals surface area contributed by atoms with Gasteiger partial charge in [-0.05, 0) is 37.3 Å². The fourth-order valence-corrected chi connectivity index (χ4v) is 3.50. The third-order valence-corrected chi connectivity index (χ3v) is 5.04. The van der Waals surface area contributed by atoms with E-state index >= 15 is 0 Å². The number of nitriles is 1. The number of aromatic nitrogens is 4. The maximum Gasteiger partial charge on any atom is 0.135 e. The van der Waals surface area contributed by atoms with Gasteiger partial charge >= 0.3 is 0 Å². The van der Waals surface area contributed by atoms with Crippen molar-refractivity contribution in [3.8, 4) is 28.6 Å². The van der Waals surface area contributed by atoms with Gasteiger partial charge in [0.15, 0.2) is 0 Å². The summed E-state index contributed by atoms with van der Waals surface area (Å²) in [6.45, 7) is 3.06. The minimum atomic E-state index is 0.260. The van der Waals surface area contributed by atoms with Crippen molar-refractivity contribution in [2.24, 2.45) is 4.99 Å². The number of aryl methyl sites for hydroxylation is 1. The van der Waals surface area contributed by atoms with Gasteiger partial charge in [0.05, 0.1) is 46.5 Å². The molecule has 3 heterocycles. The van der Waals surface area contributed by atoms with Crippen LogP contribution in [0, 0.1) is 11.3 Å². The van der Waals surface area contributed by atoms with Crippen molar-refractivity contribution >= 4 is 17.7 Å². The first-order valence-electron chi connectivity index (χ1n) is 10.1. The van der Waals surface area contributed by atoms with E-state index in [-0.39, 0.29) is 5.82 Å². The molecule has 0 radical (unpaired) electrons. The molecule has 4 aromatic rings. The monoisotopic (exact) mass is 422 g/mol. The van der Waals surface area contributed by atoms with Crippen LogP contribution in [0.5, 0.6) is 0 Å². The standard InChI is InChI=1S/C24H22N8/c1-2-32-20(9-11-30-32)21-22(26)19(15-28-14-18-8-3-4-10-29-18)24(27)31-23(21)17-7-5-6-16(12-17)13-25/h3-12,15H,2,14H2,1H3,(H4,26,27,31). The van der Waals surface area contributed by atoms with Gasteiger partial charge in [0, 0.05) is 36.3 Å². The molecule has 0 saturated carbocycles. The van der Waals surface area contributed by atoms with Crippen LogP contribution in [-0.4, -0.2) is 26.0 Å². The Morgan fingerprint density at radius 2 is 2.00 bits per heavy atom. The summed E-state index contributed by atoms with van der Waals surface area (Å²) in [6.07, 6.45) is 5.08. The van der Waals surface area contributed by atoms with Crippen LogP contribution < -0.4 is 11.5 Å². The van der Waals surface area contributed by atoms with Gasteiger partial charge in [0.1, 0.15) is 5.82 Å². The summed E-state index contributed by atoms with van der Waals surface area (Å²) in [7, 11) is 0. The van der Waals surface area contributed by atoms with Crippen LogP contribution in [0.1, 0.15) is 23.7 Å². The van der Waals surface area contributed by atoms with Crippen molar-refractivity contribution in [3.05, 3.63) is 77.7 Å². The van der Waals surface area contributed by atoms with Crippen LogP contribution >= 0.6 is 0 Å². The summed E-state index contributed by atoms with van der Waals surface area (Å²) in [5.41, 5.74) is 18.2. The topological polar surface area (TPSA) is 132 Å². The molecule has 0 atom stereocenters. The highest BCUT2D eigenvalue weighted by atomic mass is 15.3. The van der Waals surface area contributed by atoms with Gasteiger partial charge in [-0.25, -0.2) is 4.98 Å². The van der Waals surface area contributed by atoms with Crippen molar-refractivity contribution in [1.29, 1.82) is 5.26 Å². The number of rotatable bonds is 6.